The zero-order valence-corrected chi connectivity index (χ0v) is 19.8. The quantitative estimate of drug-likeness (QED) is 0.300. The number of carbonyl (C=O) groups is 2. The molecule has 2 N–H and O–H groups in total. The molecule has 6 atom stereocenters. The van der Waals surface area contributed by atoms with E-state index in [0.29, 0.717) is 36.7 Å². The third kappa shape index (κ3) is 4.06. The van der Waals surface area contributed by atoms with Crippen LogP contribution < -0.4 is 5.73 Å². The summed E-state index contributed by atoms with van der Waals surface area (Å²) >= 11 is 0. The van der Waals surface area contributed by atoms with E-state index in [2.05, 4.69) is 19.0 Å². The van der Waals surface area contributed by atoms with Crippen LogP contribution in [0.15, 0.2) is 16.8 Å². The van der Waals surface area contributed by atoms with Gasteiger partial charge in [0.05, 0.1) is 12.8 Å². The molecule has 4 aliphatic carbocycles. The molecule has 0 heterocycles. The number of hydrogen-bond donors (Lipinski definition) is 1. The molecule has 0 saturated heterocycles. The second-order valence-electron chi connectivity index (χ2n) is 10.3. The molecule has 0 aromatic heterocycles. The first-order valence-corrected chi connectivity index (χ1v) is 11.5. The number of ketones is 1. The third-order valence-corrected chi connectivity index (χ3v) is 9.01. The van der Waals surface area contributed by atoms with Crippen LogP contribution in [-0.2, 0) is 19.2 Å². The largest absolute Gasteiger partial charge is 0.466 e. The molecule has 0 bridgehead atoms. The first-order valence-electron chi connectivity index (χ1n) is 11.5. The number of ether oxygens (including phenoxy) is 1. The van der Waals surface area contributed by atoms with Crippen LogP contribution in [0.4, 0.5) is 0 Å². The molecule has 4 fully saturated rings. The number of rotatable bonds is 4. The van der Waals surface area contributed by atoms with Crippen molar-refractivity contribution in [3.63, 3.8) is 0 Å². The van der Waals surface area contributed by atoms with Crippen LogP contribution in [0.2, 0.25) is 0 Å². The van der Waals surface area contributed by atoms with Gasteiger partial charge >= 0.3 is 5.97 Å². The number of esters is 1. The molecule has 4 rings (SSSR count). The van der Waals surface area contributed by atoms with Crippen LogP contribution in [-0.4, -0.2) is 37.7 Å². The van der Waals surface area contributed by atoms with Crippen LogP contribution in [0.3, 0.4) is 0 Å². The first kappa shape index (κ1) is 24.2. The van der Waals surface area contributed by atoms with Crippen molar-refractivity contribution >= 4 is 29.9 Å². The lowest BCUT2D eigenvalue weighted by molar-refractivity contribution is -0.136. The van der Waals surface area contributed by atoms with E-state index in [-0.39, 0.29) is 35.1 Å². The summed E-state index contributed by atoms with van der Waals surface area (Å²) in [4.78, 5) is 30.3. The van der Waals surface area contributed by atoms with Gasteiger partial charge in [0.2, 0.25) is 0 Å². The fraction of sp³-hybridized carbons (Fsp3) is 0.792. The van der Waals surface area contributed by atoms with E-state index in [1.807, 2.05) is 0 Å². The molecule has 0 aromatic rings. The fourth-order valence-electron chi connectivity index (χ4n) is 7.38. The molecule has 0 aromatic carbocycles. The Morgan fingerprint density at radius 2 is 1.97 bits per heavy atom. The molecule has 31 heavy (non-hydrogen) atoms. The zero-order chi connectivity index (χ0) is 21.5. The zero-order valence-electron chi connectivity index (χ0n) is 19.0. The van der Waals surface area contributed by atoms with Gasteiger partial charge in [-0.2, -0.15) is 0 Å². The van der Waals surface area contributed by atoms with Gasteiger partial charge in [0, 0.05) is 24.5 Å². The molecule has 0 unspecified atom stereocenters. The molecule has 7 heteroatoms. The second kappa shape index (κ2) is 9.22. The Kier molecular flexibility index (Phi) is 7.21. The summed E-state index contributed by atoms with van der Waals surface area (Å²) in [6.45, 7) is 5.49. The van der Waals surface area contributed by atoms with Gasteiger partial charge < -0.3 is 15.3 Å². The van der Waals surface area contributed by atoms with E-state index >= 15 is 0 Å². The van der Waals surface area contributed by atoms with E-state index in [4.69, 9.17) is 15.3 Å². The number of hydrogen-bond acceptors (Lipinski definition) is 6. The lowest BCUT2D eigenvalue weighted by Crippen LogP contribution is -2.54. The molecular formula is C24H37ClN2O4. The predicted octanol–water partition coefficient (Wildman–Crippen LogP) is 4.06. The maximum Gasteiger partial charge on any atom is 0.330 e. The lowest BCUT2D eigenvalue weighted by Gasteiger charge is -2.60. The number of oxime groups is 1. The molecular weight excluding hydrogens is 416 g/mol. The van der Waals surface area contributed by atoms with Gasteiger partial charge in [0.25, 0.3) is 0 Å². The highest BCUT2D eigenvalue weighted by Gasteiger charge is 2.61. The maximum absolute atomic E-state index is 12.7. The predicted molar refractivity (Wildman–Crippen MR) is 122 cm³/mol. The van der Waals surface area contributed by atoms with E-state index in [1.165, 1.54) is 12.7 Å². The molecule has 174 valence electrons. The van der Waals surface area contributed by atoms with Crippen molar-refractivity contribution in [3.05, 3.63) is 11.6 Å². The van der Waals surface area contributed by atoms with E-state index in [1.54, 1.807) is 6.08 Å². The van der Waals surface area contributed by atoms with Gasteiger partial charge in [0.15, 0.2) is 0 Å². The van der Waals surface area contributed by atoms with Crippen LogP contribution >= 0.6 is 12.4 Å². The standard InChI is InChI=1S/C24H36N2O4.ClH/c1-23-8-6-16(26-30-11-10-25)14-20(23)15(13-22(28)29-3)12-17-18-4-5-21(27)24(18,2)9-7-19(17)23;/h13,17-20H,4-12,14,25H2,1-3H3;1H/b15-13+,26-16+;/t17-,18-,19-,20+,23+,24-;/m0./s1. The van der Waals surface area contributed by atoms with Gasteiger partial charge in [-0.05, 0) is 74.0 Å². The van der Waals surface area contributed by atoms with Gasteiger partial charge in [-0.15, -0.1) is 12.4 Å². The second-order valence-corrected chi connectivity index (χ2v) is 10.3. The summed E-state index contributed by atoms with van der Waals surface area (Å²) in [5.41, 5.74) is 7.71. The smallest absolute Gasteiger partial charge is 0.330 e. The van der Waals surface area contributed by atoms with Gasteiger partial charge in [-0.1, -0.05) is 24.6 Å². The van der Waals surface area contributed by atoms with Crippen molar-refractivity contribution in [1.82, 2.24) is 0 Å². The topological polar surface area (TPSA) is 91.0 Å². The van der Waals surface area contributed by atoms with Crippen molar-refractivity contribution in [2.24, 2.45) is 45.4 Å². The van der Waals surface area contributed by atoms with Gasteiger partial charge in [-0.25, -0.2) is 4.79 Å². The minimum atomic E-state index is -0.282. The first-order chi connectivity index (χ1) is 14.3. The average Bonchev–Trinajstić information content (AvgIpc) is 3.03. The number of halogens is 1. The van der Waals surface area contributed by atoms with Crippen LogP contribution in [0, 0.1) is 34.5 Å². The van der Waals surface area contributed by atoms with E-state index < -0.39 is 0 Å². The minimum Gasteiger partial charge on any atom is -0.466 e. The molecule has 4 aliphatic rings. The number of allylic oxidation sites excluding steroid dienone is 1. The normalized spacial score (nSPS) is 41.7. The van der Waals surface area contributed by atoms with Crippen molar-refractivity contribution < 1.29 is 19.2 Å². The Hall–Kier alpha value is -1.40. The van der Waals surface area contributed by atoms with E-state index in [9.17, 15) is 9.59 Å². The van der Waals surface area contributed by atoms with Crippen molar-refractivity contribution in [2.45, 2.75) is 65.2 Å². The monoisotopic (exact) mass is 452 g/mol. The SMILES string of the molecule is COC(=O)/C=C1\C[C@@H]2[C@H](CC[C@]3(C)C(=O)CC[C@@H]23)[C@@]2(C)CC/C(=N\OCCN)C[C@H]12.Cl. The summed E-state index contributed by atoms with van der Waals surface area (Å²) in [6.07, 6.45) is 9.25. The lowest BCUT2D eigenvalue weighted by atomic mass is 9.44. The summed E-state index contributed by atoms with van der Waals surface area (Å²) in [5, 5.41) is 4.36. The van der Waals surface area contributed by atoms with E-state index in [0.717, 1.165) is 57.1 Å². The number of nitrogens with two attached hydrogens (primary N) is 1. The summed E-state index contributed by atoms with van der Waals surface area (Å²) in [5.74, 6) is 1.94. The number of Topliss-reactive ketones (excluding diaryl/α,β-unsaturated/α-hetero) is 1. The molecule has 0 radical (unpaired) electrons. The Labute approximate surface area is 191 Å². The Morgan fingerprint density at radius 3 is 2.68 bits per heavy atom. The highest BCUT2D eigenvalue weighted by molar-refractivity contribution is 5.88. The number of fused-ring (bicyclic) bond motifs is 5. The van der Waals surface area contributed by atoms with Crippen LogP contribution in [0.1, 0.15) is 65.2 Å². The molecule has 0 spiro atoms. The molecule has 6 nitrogen and oxygen atoms in total. The Balaban J connectivity index is 0.00000272. The molecule has 4 saturated carbocycles. The summed E-state index contributed by atoms with van der Waals surface area (Å²) < 4.78 is 4.99. The van der Waals surface area contributed by atoms with Crippen molar-refractivity contribution in [2.75, 3.05) is 20.3 Å². The van der Waals surface area contributed by atoms with Crippen molar-refractivity contribution in [3.8, 4) is 0 Å². The number of methoxy groups -OCH3 is 1. The highest BCUT2D eigenvalue weighted by Crippen LogP contribution is 2.66. The van der Waals surface area contributed by atoms with Gasteiger partial charge in [0.1, 0.15) is 12.4 Å². The Bertz CT molecular complexity index is 782. The highest BCUT2D eigenvalue weighted by atomic mass is 35.5. The Morgan fingerprint density at radius 1 is 1.19 bits per heavy atom. The average molecular weight is 453 g/mol. The molecule has 0 aliphatic heterocycles. The minimum absolute atomic E-state index is 0. The van der Waals surface area contributed by atoms with Crippen LogP contribution in [0.5, 0.6) is 0 Å². The van der Waals surface area contributed by atoms with Crippen molar-refractivity contribution in [1.29, 1.82) is 0 Å². The summed E-state index contributed by atoms with van der Waals surface area (Å²) in [7, 11) is 1.44. The maximum atomic E-state index is 12.7. The fourth-order valence-corrected chi connectivity index (χ4v) is 7.38. The van der Waals surface area contributed by atoms with Gasteiger partial charge in [-0.3, -0.25) is 4.79 Å². The third-order valence-electron chi connectivity index (χ3n) is 9.01. The van der Waals surface area contributed by atoms with Crippen LogP contribution in [0.25, 0.3) is 0 Å². The molecule has 0 amide bonds. The number of carbonyl (C=O) groups excluding carboxylic acids is 2. The number of nitrogens with zero attached hydrogens (tertiary/aromatic N) is 1. The summed E-state index contributed by atoms with van der Waals surface area (Å²) in [6, 6.07) is 0.